The highest BCUT2D eigenvalue weighted by Crippen LogP contribution is 2.35. The predicted octanol–water partition coefficient (Wildman–Crippen LogP) is 2.23. The number of benzene rings is 2. The van der Waals surface area contributed by atoms with Gasteiger partial charge < -0.3 is 9.47 Å². The molecule has 0 atom stereocenters. The molecule has 0 radical (unpaired) electrons. The molecule has 0 heterocycles. The van der Waals surface area contributed by atoms with Crippen LogP contribution in [0.4, 0.5) is 4.39 Å². The van der Waals surface area contributed by atoms with Gasteiger partial charge in [-0.15, -0.1) is 4.83 Å². The van der Waals surface area contributed by atoms with Crippen LogP contribution in [0.3, 0.4) is 0 Å². The Hall–Kier alpha value is -2.17. The zero-order valence-corrected chi connectivity index (χ0v) is 15.6. The monoisotopic (exact) mass is 432 g/mol. The van der Waals surface area contributed by atoms with Crippen molar-refractivity contribution in [2.75, 3.05) is 14.2 Å². The molecule has 0 aliphatic rings. The number of halogens is 2. The lowest BCUT2D eigenvalue weighted by atomic mass is 10.2. The summed E-state index contributed by atoms with van der Waals surface area (Å²) in [5.41, 5.74) is 2.15. The van der Waals surface area contributed by atoms with Crippen LogP contribution in [-0.2, 0) is 10.0 Å². The largest absolute Gasteiger partial charge is 0.493 e. The van der Waals surface area contributed by atoms with E-state index in [4.69, 9.17) is 9.47 Å². The van der Waals surface area contributed by atoms with Gasteiger partial charge in [-0.05, 0) is 46.3 Å². The van der Waals surface area contributed by atoms with Crippen LogP contribution < -0.4 is 19.7 Å². The Morgan fingerprint density at radius 1 is 1.08 bits per heavy atom. The number of carbonyl (C=O) groups excluding carboxylic acids is 1. The topological polar surface area (TPSA) is 93.7 Å². The molecule has 2 rings (SSSR count). The van der Waals surface area contributed by atoms with Gasteiger partial charge in [0.2, 0.25) is 0 Å². The van der Waals surface area contributed by atoms with Crippen LogP contribution in [0.1, 0.15) is 10.4 Å². The van der Waals surface area contributed by atoms with Crippen LogP contribution in [0.15, 0.2) is 45.8 Å². The molecule has 0 aliphatic carbocycles. The van der Waals surface area contributed by atoms with Gasteiger partial charge in [0.15, 0.2) is 11.5 Å². The van der Waals surface area contributed by atoms with Crippen molar-refractivity contribution in [3.05, 3.63) is 52.3 Å². The minimum absolute atomic E-state index is 0.0930. The van der Waals surface area contributed by atoms with E-state index in [1.807, 2.05) is 4.83 Å². The number of sulfonamides is 1. The summed E-state index contributed by atoms with van der Waals surface area (Å²) in [6.45, 7) is 0. The van der Waals surface area contributed by atoms with Crippen LogP contribution in [0.5, 0.6) is 11.5 Å². The molecule has 0 aromatic heterocycles. The summed E-state index contributed by atoms with van der Waals surface area (Å²) in [7, 11) is -1.31. The summed E-state index contributed by atoms with van der Waals surface area (Å²) in [4.78, 5) is 13.7. The number of amides is 1. The molecule has 0 spiro atoms. The molecule has 10 heteroatoms. The van der Waals surface area contributed by atoms with Crippen LogP contribution >= 0.6 is 15.9 Å². The highest BCUT2D eigenvalue weighted by Gasteiger charge is 2.22. The van der Waals surface area contributed by atoms with E-state index >= 15 is 0 Å². The highest BCUT2D eigenvalue weighted by atomic mass is 79.9. The number of ether oxygens (including phenoxy) is 2. The highest BCUT2D eigenvalue weighted by molar-refractivity contribution is 9.10. The molecule has 7 nitrogen and oxygen atoms in total. The number of nitrogens with one attached hydrogen (secondary N) is 2. The zero-order valence-electron chi connectivity index (χ0n) is 13.2. The second-order valence-electron chi connectivity index (χ2n) is 4.70. The molecule has 0 aliphatic heterocycles. The molecule has 0 bridgehead atoms. The van der Waals surface area contributed by atoms with Gasteiger partial charge >= 0.3 is 0 Å². The quantitative estimate of drug-likeness (QED) is 0.682. The number of methoxy groups -OCH3 is 2. The van der Waals surface area contributed by atoms with E-state index < -0.39 is 21.7 Å². The third-order valence-corrected chi connectivity index (χ3v) is 5.34. The lowest BCUT2D eigenvalue weighted by Crippen LogP contribution is -2.41. The number of rotatable bonds is 6. The average molecular weight is 433 g/mol. The third kappa shape index (κ3) is 4.47. The summed E-state index contributed by atoms with van der Waals surface area (Å²) in [5, 5.41) is 0. The van der Waals surface area contributed by atoms with Crippen molar-refractivity contribution in [3.63, 3.8) is 0 Å². The van der Waals surface area contributed by atoms with Crippen molar-refractivity contribution in [2.24, 2.45) is 0 Å². The molecule has 134 valence electrons. The Labute approximate surface area is 152 Å². The van der Waals surface area contributed by atoms with Gasteiger partial charge in [-0.25, -0.2) is 12.8 Å². The Bertz CT molecular complexity index is 888. The van der Waals surface area contributed by atoms with Gasteiger partial charge in [0.05, 0.1) is 14.2 Å². The van der Waals surface area contributed by atoms with E-state index in [1.54, 1.807) is 0 Å². The maximum Gasteiger partial charge on any atom is 0.266 e. The Balaban J connectivity index is 2.21. The first kappa shape index (κ1) is 19.2. The van der Waals surface area contributed by atoms with Crippen molar-refractivity contribution in [1.29, 1.82) is 0 Å². The van der Waals surface area contributed by atoms with E-state index in [1.165, 1.54) is 38.5 Å². The van der Waals surface area contributed by atoms with Crippen molar-refractivity contribution >= 4 is 31.9 Å². The molecule has 0 saturated carbocycles. The molecule has 25 heavy (non-hydrogen) atoms. The first-order valence-electron chi connectivity index (χ1n) is 6.77. The summed E-state index contributed by atoms with van der Waals surface area (Å²) in [6.07, 6.45) is 0. The van der Waals surface area contributed by atoms with Crippen LogP contribution in [0.2, 0.25) is 0 Å². The van der Waals surface area contributed by atoms with Crippen molar-refractivity contribution < 1.29 is 27.1 Å². The molecular formula is C15H14BrFN2O5S. The van der Waals surface area contributed by atoms with Crippen molar-refractivity contribution in [2.45, 2.75) is 4.90 Å². The Kier molecular flexibility index (Phi) is 5.98. The smallest absolute Gasteiger partial charge is 0.266 e. The standard InChI is InChI=1S/C15H14BrFN2O5S/c1-23-12-7-11(16)14(8-13(12)24-2)25(21,22)19-18-15(20)9-3-5-10(17)6-4-9/h3-8,19H,1-2H3,(H,18,20). The molecule has 2 aromatic carbocycles. The van der Waals surface area contributed by atoms with Crippen LogP contribution in [-0.4, -0.2) is 28.5 Å². The molecule has 0 saturated heterocycles. The number of hydrogen-bond acceptors (Lipinski definition) is 5. The normalized spacial score (nSPS) is 11.0. The van der Waals surface area contributed by atoms with Gasteiger partial charge in [0.1, 0.15) is 10.7 Å². The Morgan fingerprint density at radius 3 is 2.20 bits per heavy atom. The van der Waals surface area contributed by atoms with Gasteiger partial charge in [0, 0.05) is 16.1 Å². The minimum atomic E-state index is -4.10. The van der Waals surface area contributed by atoms with Crippen LogP contribution in [0.25, 0.3) is 0 Å². The average Bonchev–Trinajstić information content (AvgIpc) is 2.59. The minimum Gasteiger partial charge on any atom is -0.493 e. The zero-order chi connectivity index (χ0) is 18.6. The van der Waals surface area contributed by atoms with Gasteiger partial charge in [-0.1, -0.05) is 0 Å². The predicted molar refractivity (Wildman–Crippen MR) is 91.4 cm³/mol. The molecular weight excluding hydrogens is 419 g/mol. The number of hydrogen-bond donors (Lipinski definition) is 2. The lowest BCUT2D eigenvalue weighted by Gasteiger charge is -2.13. The lowest BCUT2D eigenvalue weighted by molar-refractivity contribution is 0.0945. The molecule has 1 amide bonds. The SMILES string of the molecule is COc1cc(Br)c(S(=O)(=O)NNC(=O)c2ccc(F)cc2)cc1OC. The maximum absolute atomic E-state index is 12.9. The van der Waals surface area contributed by atoms with E-state index in [2.05, 4.69) is 21.4 Å². The fourth-order valence-electron chi connectivity index (χ4n) is 1.88. The van der Waals surface area contributed by atoms with E-state index in [0.717, 1.165) is 12.1 Å². The molecule has 2 aromatic rings. The van der Waals surface area contributed by atoms with Gasteiger partial charge in [0.25, 0.3) is 15.9 Å². The second-order valence-corrected chi connectivity index (χ2v) is 7.21. The fraction of sp³-hybridized carbons (Fsp3) is 0.133. The van der Waals surface area contributed by atoms with E-state index in [9.17, 15) is 17.6 Å². The maximum atomic E-state index is 12.9. The first-order valence-corrected chi connectivity index (χ1v) is 9.05. The summed E-state index contributed by atoms with van der Waals surface area (Å²) in [6, 6.07) is 7.31. The van der Waals surface area contributed by atoms with Crippen molar-refractivity contribution in [3.8, 4) is 11.5 Å². The molecule has 0 unspecified atom stereocenters. The summed E-state index contributed by atoms with van der Waals surface area (Å²) in [5.74, 6) is -0.703. The summed E-state index contributed by atoms with van der Waals surface area (Å²) >= 11 is 3.14. The Morgan fingerprint density at radius 2 is 1.64 bits per heavy atom. The summed E-state index contributed by atoms with van der Waals surface area (Å²) < 4.78 is 48.0. The van der Waals surface area contributed by atoms with E-state index in [0.29, 0.717) is 5.75 Å². The third-order valence-electron chi connectivity index (χ3n) is 3.13. The number of hydrazine groups is 1. The number of carbonyl (C=O) groups is 1. The van der Waals surface area contributed by atoms with E-state index in [-0.39, 0.29) is 20.7 Å². The van der Waals surface area contributed by atoms with Crippen molar-refractivity contribution in [1.82, 2.24) is 10.3 Å². The van der Waals surface area contributed by atoms with Gasteiger partial charge in [-0.2, -0.15) is 0 Å². The first-order chi connectivity index (χ1) is 11.8. The molecule has 0 fully saturated rings. The fourth-order valence-corrected chi connectivity index (χ4v) is 3.76. The van der Waals surface area contributed by atoms with Crippen LogP contribution in [0, 0.1) is 5.82 Å². The second kappa shape index (κ2) is 7.81. The molecule has 2 N–H and O–H groups in total. The van der Waals surface area contributed by atoms with Gasteiger partial charge in [-0.3, -0.25) is 10.2 Å².